The summed E-state index contributed by atoms with van der Waals surface area (Å²) >= 11 is 17.9. The lowest BCUT2D eigenvalue weighted by Gasteiger charge is -2.10. The van der Waals surface area contributed by atoms with E-state index in [0.717, 1.165) is 5.56 Å². The topological polar surface area (TPSA) is 62.1 Å². The number of nitriles is 1. The highest BCUT2D eigenvalue weighted by Crippen LogP contribution is 2.26. The van der Waals surface area contributed by atoms with Gasteiger partial charge in [-0.25, -0.2) is 0 Å². The summed E-state index contributed by atoms with van der Waals surface area (Å²) < 4.78 is 5.87. The Morgan fingerprint density at radius 3 is 2.53 bits per heavy atom. The van der Waals surface area contributed by atoms with Crippen molar-refractivity contribution in [2.75, 3.05) is 5.32 Å². The van der Waals surface area contributed by atoms with Crippen LogP contribution in [0, 0.1) is 11.3 Å². The monoisotopic (exact) mass is 456 g/mol. The first-order valence-corrected chi connectivity index (χ1v) is 9.94. The maximum absolute atomic E-state index is 12.5. The number of benzene rings is 3. The zero-order chi connectivity index (χ0) is 21.5. The van der Waals surface area contributed by atoms with Crippen LogP contribution < -0.4 is 10.1 Å². The van der Waals surface area contributed by atoms with Crippen LogP contribution in [0.3, 0.4) is 0 Å². The Hall–Kier alpha value is -2.97. The second-order valence-electron chi connectivity index (χ2n) is 6.21. The summed E-state index contributed by atoms with van der Waals surface area (Å²) in [5, 5.41) is 13.5. The van der Waals surface area contributed by atoms with E-state index >= 15 is 0 Å². The van der Waals surface area contributed by atoms with E-state index in [1.54, 1.807) is 60.7 Å². The third-order valence-corrected chi connectivity index (χ3v) is 5.02. The van der Waals surface area contributed by atoms with Crippen LogP contribution in [-0.2, 0) is 11.4 Å². The van der Waals surface area contributed by atoms with Gasteiger partial charge in [-0.1, -0.05) is 65.1 Å². The zero-order valence-electron chi connectivity index (χ0n) is 15.5. The average Bonchev–Trinajstić information content (AvgIpc) is 2.73. The average molecular weight is 458 g/mol. The maximum Gasteiger partial charge on any atom is 0.266 e. The van der Waals surface area contributed by atoms with Gasteiger partial charge in [0.1, 0.15) is 24.0 Å². The van der Waals surface area contributed by atoms with Gasteiger partial charge in [-0.2, -0.15) is 5.26 Å². The van der Waals surface area contributed by atoms with Crippen molar-refractivity contribution in [3.05, 3.63) is 98.5 Å². The molecule has 3 rings (SSSR count). The van der Waals surface area contributed by atoms with Gasteiger partial charge in [-0.15, -0.1) is 0 Å². The van der Waals surface area contributed by atoms with E-state index in [-0.39, 0.29) is 12.2 Å². The number of halogens is 3. The first-order chi connectivity index (χ1) is 14.5. The van der Waals surface area contributed by atoms with Crippen LogP contribution in [0.2, 0.25) is 15.1 Å². The van der Waals surface area contributed by atoms with Crippen molar-refractivity contribution < 1.29 is 9.53 Å². The number of nitrogens with zero attached hydrogens (tertiary/aromatic N) is 1. The second kappa shape index (κ2) is 10.2. The summed E-state index contributed by atoms with van der Waals surface area (Å²) in [4.78, 5) is 12.5. The fraction of sp³-hybridized carbons (Fsp3) is 0.0435. The number of hydrogen-bond acceptors (Lipinski definition) is 3. The number of hydrogen-bond donors (Lipinski definition) is 1. The molecule has 0 spiro atoms. The number of carbonyl (C=O) groups excluding carboxylic acids is 1. The van der Waals surface area contributed by atoms with E-state index in [0.29, 0.717) is 32.1 Å². The zero-order valence-corrected chi connectivity index (χ0v) is 17.8. The molecular formula is C23H15Cl3N2O2. The van der Waals surface area contributed by atoms with E-state index in [4.69, 9.17) is 39.5 Å². The summed E-state index contributed by atoms with van der Waals surface area (Å²) in [6, 6.07) is 21.0. The Bertz CT molecular complexity index is 1150. The summed E-state index contributed by atoms with van der Waals surface area (Å²) in [6.07, 6.45) is 1.48. The van der Waals surface area contributed by atoms with Gasteiger partial charge in [0.05, 0.1) is 10.0 Å². The normalized spacial score (nSPS) is 10.9. The van der Waals surface area contributed by atoms with E-state index in [1.165, 1.54) is 6.08 Å². The van der Waals surface area contributed by atoms with Crippen LogP contribution >= 0.6 is 34.8 Å². The summed E-state index contributed by atoms with van der Waals surface area (Å²) in [5.41, 5.74) is 1.86. The molecule has 0 bridgehead atoms. The maximum atomic E-state index is 12.5. The molecule has 0 aliphatic rings. The van der Waals surface area contributed by atoms with Gasteiger partial charge in [-0.3, -0.25) is 4.79 Å². The number of ether oxygens (including phenoxy) is 1. The molecule has 0 heterocycles. The Morgan fingerprint density at radius 1 is 1.00 bits per heavy atom. The minimum absolute atomic E-state index is 0.0689. The third-order valence-electron chi connectivity index (χ3n) is 4.04. The standard InChI is InChI=1S/C23H15Cl3N2O2/c24-18-5-3-6-19(12-18)28-23(29)17(13-27)11-16-4-1-2-7-22(16)30-14-15-8-9-20(25)21(26)10-15/h1-12H,14H2,(H,28,29)/b17-11+. The van der Waals surface area contributed by atoms with Gasteiger partial charge in [0.15, 0.2) is 0 Å². The lowest BCUT2D eigenvalue weighted by molar-refractivity contribution is -0.112. The highest BCUT2D eigenvalue weighted by Gasteiger charge is 2.12. The number of para-hydroxylation sites is 1. The molecule has 0 atom stereocenters. The number of nitrogens with one attached hydrogen (secondary N) is 1. The van der Waals surface area contributed by atoms with Crippen molar-refractivity contribution in [2.24, 2.45) is 0 Å². The SMILES string of the molecule is N#C/C(=C\c1ccccc1OCc1ccc(Cl)c(Cl)c1)C(=O)Nc1cccc(Cl)c1. The predicted octanol–water partition coefficient (Wildman–Crippen LogP) is 6.77. The highest BCUT2D eigenvalue weighted by molar-refractivity contribution is 6.42. The van der Waals surface area contributed by atoms with Crippen molar-refractivity contribution in [1.29, 1.82) is 5.26 Å². The van der Waals surface area contributed by atoms with Gasteiger partial charge in [0.2, 0.25) is 0 Å². The van der Waals surface area contributed by atoms with Crippen molar-refractivity contribution in [2.45, 2.75) is 6.61 Å². The molecule has 0 unspecified atom stereocenters. The minimum atomic E-state index is -0.543. The number of carbonyl (C=O) groups is 1. The first kappa shape index (κ1) is 21.7. The van der Waals surface area contributed by atoms with E-state index in [9.17, 15) is 10.1 Å². The first-order valence-electron chi connectivity index (χ1n) is 8.81. The Balaban J connectivity index is 1.78. The van der Waals surface area contributed by atoms with Gasteiger partial charge in [0.25, 0.3) is 5.91 Å². The van der Waals surface area contributed by atoms with E-state index in [1.807, 2.05) is 12.1 Å². The van der Waals surface area contributed by atoms with E-state index in [2.05, 4.69) is 5.32 Å². The Labute approximate surface area is 189 Å². The summed E-state index contributed by atoms with van der Waals surface area (Å²) in [6.45, 7) is 0.248. The Morgan fingerprint density at radius 2 is 1.80 bits per heavy atom. The predicted molar refractivity (Wildman–Crippen MR) is 121 cm³/mol. The van der Waals surface area contributed by atoms with Crippen molar-refractivity contribution in [3.8, 4) is 11.8 Å². The van der Waals surface area contributed by atoms with Crippen molar-refractivity contribution in [1.82, 2.24) is 0 Å². The van der Waals surface area contributed by atoms with Gasteiger partial charge in [-0.05, 0) is 48.0 Å². The molecule has 3 aromatic rings. The molecule has 30 heavy (non-hydrogen) atoms. The molecule has 0 saturated carbocycles. The number of rotatable bonds is 6. The summed E-state index contributed by atoms with van der Waals surface area (Å²) in [5.74, 6) is -0.0223. The molecule has 0 saturated heterocycles. The molecular weight excluding hydrogens is 443 g/mol. The lowest BCUT2D eigenvalue weighted by Crippen LogP contribution is -2.13. The second-order valence-corrected chi connectivity index (χ2v) is 7.46. The fourth-order valence-corrected chi connectivity index (χ4v) is 3.10. The van der Waals surface area contributed by atoms with Crippen LogP contribution in [-0.4, -0.2) is 5.91 Å². The molecule has 0 radical (unpaired) electrons. The quantitative estimate of drug-likeness (QED) is 0.328. The largest absolute Gasteiger partial charge is 0.488 e. The molecule has 3 aromatic carbocycles. The van der Waals surface area contributed by atoms with Gasteiger partial charge in [0, 0.05) is 16.3 Å². The van der Waals surface area contributed by atoms with Crippen LogP contribution in [0.4, 0.5) is 5.69 Å². The molecule has 1 amide bonds. The lowest BCUT2D eigenvalue weighted by atomic mass is 10.1. The molecule has 0 fully saturated rings. The Kier molecular flexibility index (Phi) is 7.37. The van der Waals surface area contributed by atoms with E-state index < -0.39 is 5.91 Å². The molecule has 150 valence electrons. The molecule has 0 aromatic heterocycles. The molecule has 7 heteroatoms. The third kappa shape index (κ3) is 5.77. The minimum Gasteiger partial charge on any atom is -0.488 e. The molecule has 4 nitrogen and oxygen atoms in total. The fourth-order valence-electron chi connectivity index (χ4n) is 2.59. The number of amides is 1. The van der Waals surface area contributed by atoms with Crippen LogP contribution in [0.25, 0.3) is 6.08 Å². The van der Waals surface area contributed by atoms with Crippen LogP contribution in [0.15, 0.2) is 72.3 Å². The molecule has 0 aliphatic carbocycles. The number of anilines is 1. The highest BCUT2D eigenvalue weighted by atomic mass is 35.5. The summed E-state index contributed by atoms with van der Waals surface area (Å²) in [7, 11) is 0. The smallest absolute Gasteiger partial charge is 0.266 e. The molecule has 0 aliphatic heterocycles. The van der Waals surface area contributed by atoms with Crippen LogP contribution in [0.1, 0.15) is 11.1 Å². The van der Waals surface area contributed by atoms with Gasteiger partial charge < -0.3 is 10.1 Å². The van der Waals surface area contributed by atoms with Crippen molar-refractivity contribution in [3.63, 3.8) is 0 Å². The van der Waals surface area contributed by atoms with Crippen LogP contribution in [0.5, 0.6) is 5.75 Å². The van der Waals surface area contributed by atoms with Gasteiger partial charge >= 0.3 is 0 Å². The molecule has 1 N–H and O–H groups in total. The van der Waals surface area contributed by atoms with Crippen molar-refractivity contribution >= 4 is 52.5 Å².